The van der Waals surface area contributed by atoms with Gasteiger partial charge in [-0.05, 0) is 25.3 Å². The van der Waals surface area contributed by atoms with Crippen LogP contribution in [0.5, 0.6) is 0 Å². The predicted molar refractivity (Wildman–Crippen MR) is 68.0 cm³/mol. The van der Waals surface area contributed by atoms with Gasteiger partial charge in [0.15, 0.2) is 5.82 Å². The van der Waals surface area contributed by atoms with Gasteiger partial charge >= 0.3 is 0 Å². The molecule has 1 fully saturated rings. The number of aromatic nitrogens is 2. The van der Waals surface area contributed by atoms with Crippen LogP contribution in [0, 0.1) is 5.92 Å². The Kier molecular flexibility index (Phi) is 4.72. The third kappa shape index (κ3) is 3.29. The summed E-state index contributed by atoms with van der Waals surface area (Å²) in [4.78, 5) is 4.31. The highest BCUT2D eigenvalue weighted by molar-refractivity contribution is 4.90. The van der Waals surface area contributed by atoms with Gasteiger partial charge in [0, 0.05) is 5.92 Å². The summed E-state index contributed by atoms with van der Waals surface area (Å²) in [6, 6.07) is 0. The van der Waals surface area contributed by atoms with E-state index < -0.39 is 0 Å². The molecule has 1 aliphatic carbocycles. The number of hydrogen-bond donors (Lipinski definition) is 1. The molecule has 0 bridgehead atoms. The lowest BCUT2D eigenvalue weighted by atomic mass is 9.86. The Labute approximate surface area is 108 Å². The van der Waals surface area contributed by atoms with Gasteiger partial charge in [-0.2, -0.15) is 4.98 Å². The molecule has 0 radical (unpaired) electrons. The fourth-order valence-corrected chi connectivity index (χ4v) is 2.40. The average molecular weight is 253 g/mol. The minimum Gasteiger partial charge on any atom is -0.368 e. The van der Waals surface area contributed by atoms with Crippen LogP contribution in [0.3, 0.4) is 0 Å². The number of nitrogens with zero attached hydrogens (tertiary/aromatic N) is 2. The summed E-state index contributed by atoms with van der Waals surface area (Å²) in [5.41, 5.74) is 5.78. The van der Waals surface area contributed by atoms with Crippen molar-refractivity contribution in [1.29, 1.82) is 0 Å². The summed E-state index contributed by atoms with van der Waals surface area (Å²) < 4.78 is 11.1. The second-order valence-electron chi connectivity index (χ2n) is 5.33. The van der Waals surface area contributed by atoms with Gasteiger partial charge in [-0.25, -0.2) is 0 Å². The summed E-state index contributed by atoms with van der Waals surface area (Å²) in [6.07, 6.45) is 5.00. The van der Waals surface area contributed by atoms with Crippen LogP contribution < -0.4 is 5.73 Å². The molecule has 2 N–H and O–H groups in total. The number of ether oxygens (including phenoxy) is 1. The third-order valence-electron chi connectivity index (χ3n) is 3.56. The Balaban J connectivity index is 1.85. The zero-order chi connectivity index (χ0) is 13.0. The second kappa shape index (κ2) is 6.29. The maximum Gasteiger partial charge on any atom is 0.252 e. The molecule has 102 valence electrons. The molecular formula is C13H23N3O2. The van der Waals surface area contributed by atoms with Crippen molar-refractivity contribution in [3.05, 3.63) is 11.7 Å². The van der Waals surface area contributed by atoms with E-state index in [0.717, 1.165) is 12.2 Å². The van der Waals surface area contributed by atoms with Crippen molar-refractivity contribution in [1.82, 2.24) is 10.1 Å². The zero-order valence-electron chi connectivity index (χ0n) is 11.3. The molecule has 0 aliphatic heterocycles. The fraction of sp³-hybridized carbons (Fsp3) is 0.846. The summed E-state index contributed by atoms with van der Waals surface area (Å²) in [5, 5.41) is 3.93. The van der Waals surface area contributed by atoms with Gasteiger partial charge < -0.3 is 15.0 Å². The van der Waals surface area contributed by atoms with E-state index in [4.69, 9.17) is 15.0 Å². The first-order valence-corrected chi connectivity index (χ1v) is 6.85. The first kappa shape index (κ1) is 13.5. The van der Waals surface area contributed by atoms with Crippen molar-refractivity contribution in [3.63, 3.8) is 0 Å². The van der Waals surface area contributed by atoms with Gasteiger partial charge in [-0.15, -0.1) is 0 Å². The van der Waals surface area contributed by atoms with Crippen LogP contribution in [0.4, 0.5) is 0 Å². The fourth-order valence-electron chi connectivity index (χ4n) is 2.40. The highest BCUT2D eigenvalue weighted by Gasteiger charge is 2.25. The van der Waals surface area contributed by atoms with E-state index in [2.05, 4.69) is 10.1 Å². The quantitative estimate of drug-likeness (QED) is 0.871. The van der Waals surface area contributed by atoms with Crippen LogP contribution in [-0.2, 0) is 11.3 Å². The van der Waals surface area contributed by atoms with E-state index in [9.17, 15) is 0 Å². The van der Waals surface area contributed by atoms with Gasteiger partial charge in [0.1, 0.15) is 6.61 Å². The molecule has 1 aliphatic rings. The van der Waals surface area contributed by atoms with Crippen LogP contribution in [0.1, 0.15) is 57.2 Å². The zero-order valence-corrected chi connectivity index (χ0v) is 11.3. The lowest BCUT2D eigenvalue weighted by Crippen LogP contribution is -2.33. The first-order valence-electron chi connectivity index (χ1n) is 6.85. The normalized spacial score (nSPS) is 24.7. The first-order chi connectivity index (χ1) is 8.70. The molecule has 5 nitrogen and oxygen atoms in total. The monoisotopic (exact) mass is 253 g/mol. The lowest BCUT2D eigenvalue weighted by Gasteiger charge is -2.30. The smallest absolute Gasteiger partial charge is 0.252 e. The minimum atomic E-state index is 0.248. The Morgan fingerprint density at radius 1 is 1.39 bits per heavy atom. The molecule has 5 heteroatoms. The van der Waals surface area contributed by atoms with E-state index in [1.165, 1.54) is 19.3 Å². The molecule has 1 heterocycles. The Bertz CT molecular complexity index is 365. The van der Waals surface area contributed by atoms with E-state index in [0.29, 0.717) is 25.0 Å². The molecule has 1 aromatic rings. The molecule has 0 saturated heterocycles. The van der Waals surface area contributed by atoms with Crippen LogP contribution >= 0.6 is 0 Å². The lowest BCUT2D eigenvalue weighted by molar-refractivity contribution is -0.0278. The van der Waals surface area contributed by atoms with Gasteiger partial charge in [-0.1, -0.05) is 31.8 Å². The Hall–Kier alpha value is -0.940. The molecule has 2 unspecified atom stereocenters. The van der Waals surface area contributed by atoms with Gasteiger partial charge in [0.05, 0.1) is 6.10 Å². The molecule has 1 saturated carbocycles. The molecule has 0 aromatic carbocycles. The molecule has 2 atom stereocenters. The van der Waals surface area contributed by atoms with E-state index in [1.807, 2.05) is 13.8 Å². The second-order valence-corrected chi connectivity index (χ2v) is 5.33. The summed E-state index contributed by atoms with van der Waals surface area (Å²) in [5.74, 6) is 2.08. The van der Waals surface area contributed by atoms with Crippen molar-refractivity contribution in [3.8, 4) is 0 Å². The van der Waals surface area contributed by atoms with Crippen LogP contribution in [-0.4, -0.2) is 22.8 Å². The average Bonchev–Trinajstić information content (AvgIpc) is 2.85. The largest absolute Gasteiger partial charge is 0.368 e. The van der Waals surface area contributed by atoms with E-state index >= 15 is 0 Å². The summed E-state index contributed by atoms with van der Waals surface area (Å²) in [6.45, 7) is 5.19. The van der Waals surface area contributed by atoms with Crippen molar-refractivity contribution >= 4 is 0 Å². The van der Waals surface area contributed by atoms with Gasteiger partial charge in [0.2, 0.25) is 0 Å². The van der Waals surface area contributed by atoms with Crippen molar-refractivity contribution in [2.75, 3.05) is 6.54 Å². The maximum absolute atomic E-state index is 5.89. The predicted octanol–water partition coefficient (Wildman–Crippen LogP) is 2.23. The highest BCUT2D eigenvalue weighted by Crippen LogP contribution is 2.26. The van der Waals surface area contributed by atoms with Crippen LogP contribution in [0.25, 0.3) is 0 Å². The number of rotatable bonds is 5. The maximum atomic E-state index is 5.89. The van der Waals surface area contributed by atoms with E-state index in [1.54, 1.807) is 0 Å². The Morgan fingerprint density at radius 3 is 2.83 bits per heavy atom. The third-order valence-corrected chi connectivity index (χ3v) is 3.56. The van der Waals surface area contributed by atoms with Crippen molar-refractivity contribution < 1.29 is 9.26 Å². The van der Waals surface area contributed by atoms with E-state index in [-0.39, 0.29) is 12.0 Å². The summed E-state index contributed by atoms with van der Waals surface area (Å²) >= 11 is 0. The van der Waals surface area contributed by atoms with Crippen LogP contribution in [0.15, 0.2) is 4.52 Å². The molecule has 2 rings (SSSR count). The highest BCUT2D eigenvalue weighted by atomic mass is 16.5. The van der Waals surface area contributed by atoms with Crippen molar-refractivity contribution in [2.24, 2.45) is 11.7 Å². The molecule has 1 aromatic heterocycles. The summed E-state index contributed by atoms with van der Waals surface area (Å²) in [7, 11) is 0. The molecular weight excluding hydrogens is 230 g/mol. The molecule has 18 heavy (non-hydrogen) atoms. The standard InChI is InChI=1S/C13H23N3O2/c1-9(2)13-15-12(18-16-13)8-17-11-6-4-3-5-10(11)7-14/h9-11H,3-8,14H2,1-2H3. The topological polar surface area (TPSA) is 74.2 Å². The van der Waals surface area contributed by atoms with Crippen molar-refractivity contribution in [2.45, 2.75) is 58.2 Å². The minimum absolute atomic E-state index is 0.248. The number of hydrogen-bond acceptors (Lipinski definition) is 5. The van der Waals surface area contributed by atoms with Crippen LogP contribution in [0.2, 0.25) is 0 Å². The molecule has 0 amide bonds. The van der Waals surface area contributed by atoms with Gasteiger partial charge in [0.25, 0.3) is 5.89 Å². The SMILES string of the molecule is CC(C)c1noc(COC2CCCCC2CN)n1. The molecule has 0 spiro atoms. The van der Waals surface area contributed by atoms with Gasteiger partial charge in [-0.3, -0.25) is 0 Å². The number of nitrogens with two attached hydrogens (primary N) is 1. The Morgan fingerprint density at radius 2 is 2.17 bits per heavy atom.